The van der Waals surface area contributed by atoms with Crippen molar-refractivity contribution in [3.05, 3.63) is 0 Å². The lowest BCUT2D eigenvalue weighted by Gasteiger charge is -1.87. The van der Waals surface area contributed by atoms with Gasteiger partial charge in [-0.2, -0.15) is 0 Å². The van der Waals surface area contributed by atoms with Gasteiger partial charge in [0.25, 0.3) is 0 Å². The zero-order valence-electron chi connectivity index (χ0n) is 5.27. The third-order valence-corrected chi connectivity index (χ3v) is 0.593. The van der Waals surface area contributed by atoms with Gasteiger partial charge in [-0.05, 0) is 0 Å². The molecule has 9 heavy (non-hydrogen) atoms. The standard InChI is InChI=1S/C6H9NO2/c1-2-3-4-7-5-6(8)9/h7H,2,5H2,1H3,(H,8,9). The Morgan fingerprint density at radius 2 is 2.44 bits per heavy atom. The van der Waals surface area contributed by atoms with Gasteiger partial charge in [-0.15, -0.1) is 0 Å². The van der Waals surface area contributed by atoms with Crippen LogP contribution in [-0.4, -0.2) is 17.6 Å². The largest absolute Gasteiger partial charge is 0.480 e. The zero-order valence-corrected chi connectivity index (χ0v) is 5.27. The Bertz CT molecular complexity index is 143. The molecule has 0 unspecified atom stereocenters. The second kappa shape index (κ2) is 4.98. The van der Waals surface area contributed by atoms with Crippen LogP contribution in [0.25, 0.3) is 0 Å². The Labute approximate surface area is 54.1 Å². The molecule has 0 aliphatic heterocycles. The number of hydrogen-bond donors (Lipinski definition) is 2. The minimum Gasteiger partial charge on any atom is -0.480 e. The van der Waals surface area contributed by atoms with Gasteiger partial charge in [0.15, 0.2) is 0 Å². The molecule has 50 valence electrons. The van der Waals surface area contributed by atoms with Gasteiger partial charge in [-0.25, -0.2) is 0 Å². The van der Waals surface area contributed by atoms with E-state index >= 15 is 0 Å². The molecule has 0 fully saturated rings. The summed E-state index contributed by atoms with van der Waals surface area (Å²) in [4.78, 5) is 9.83. The molecule has 3 nitrogen and oxygen atoms in total. The summed E-state index contributed by atoms with van der Waals surface area (Å²) in [5, 5.41) is 10.5. The summed E-state index contributed by atoms with van der Waals surface area (Å²) in [5.41, 5.74) is 0. The Morgan fingerprint density at radius 1 is 1.78 bits per heavy atom. The Kier molecular flexibility index (Phi) is 4.33. The number of aliphatic carboxylic acids is 1. The van der Waals surface area contributed by atoms with Crippen LogP contribution in [0.15, 0.2) is 0 Å². The van der Waals surface area contributed by atoms with Crippen LogP contribution in [0.3, 0.4) is 0 Å². The molecular formula is C6H9NO2. The molecule has 0 aromatic carbocycles. The fraction of sp³-hybridized carbons (Fsp3) is 0.500. The van der Waals surface area contributed by atoms with E-state index in [0.717, 1.165) is 6.42 Å². The van der Waals surface area contributed by atoms with Crippen LogP contribution < -0.4 is 5.32 Å². The second-order valence-corrected chi connectivity index (χ2v) is 1.40. The first-order valence-corrected chi connectivity index (χ1v) is 2.70. The summed E-state index contributed by atoms with van der Waals surface area (Å²) in [6, 6.07) is 2.49. The molecule has 0 spiro atoms. The van der Waals surface area contributed by atoms with Gasteiger partial charge in [0.1, 0.15) is 6.54 Å². The first kappa shape index (κ1) is 7.83. The normalized spacial score (nSPS) is 7.22. The van der Waals surface area contributed by atoms with E-state index in [1.807, 2.05) is 6.92 Å². The van der Waals surface area contributed by atoms with Crippen molar-refractivity contribution in [3.63, 3.8) is 0 Å². The SMILES string of the molecule is CCC#CNCC(=O)O. The number of carboxylic acids is 1. The molecular weight excluding hydrogens is 118 g/mol. The van der Waals surface area contributed by atoms with Crippen molar-refractivity contribution in [2.45, 2.75) is 13.3 Å². The van der Waals surface area contributed by atoms with Crippen LogP contribution >= 0.6 is 0 Å². The maximum atomic E-state index is 9.83. The van der Waals surface area contributed by atoms with Gasteiger partial charge in [0, 0.05) is 12.5 Å². The van der Waals surface area contributed by atoms with E-state index in [-0.39, 0.29) is 6.54 Å². The van der Waals surface area contributed by atoms with E-state index in [1.54, 1.807) is 0 Å². The lowest BCUT2D eigenvalue weighted by Crippen LogP contribution is -2.16. The van der Waals surface area contributed by atoms with Gasteiger partial charge >= 0.3 is 5.97 Å². The lowest BCUT2D eigenvalue weighted by atomic mass is 10.5. The van der Waals surface area contributed by atoms with Gasteiger partial charge in [0.05, 0.1) is 0 Å². The molecule has 0 radical (unpaired) electrons. The van der Waals surface area contributed by atoms with Gasteiger partial charge in [0.2, 0.25) is 0 Å². The highest BCUT2D eigenvalue weighted by molar-refractivity contribution is 5.69. The number of hydrogen-bond acceptors (Lipinski definition) is 2. The molecule has 0 amide bonds. The van der Waals surface area contributed by atoms with E-state index in [0.29, 0.717) is 0 Å². The van der Waals surface area contributed by atoms with Crippen molar-refractivity contribution in [1.82, 2.24) is 5.32 Å². The molecule has 0 saturated carbocycles. The molecule has 0 atom stereocenters. The lowest BCUT2D eigenvalue weighted by molar-refractivity contribution is -0.135. The molecule has 0 rings (SSSR count). The summed E-state index contributed by atoms with van der Waals surface area (Å²) in [6.07, 6.45) is 0.743. The number of carbonyl (C=O) groups is 1. The molecule has 2 N–H and O–H groups in total. The van der Waals surface area contributed by atoms with Crippen molar-refractivity contribution < 1.29 is 9.90 Å². The van der Waals surface area contributed by atoms with Crippen LogP contribution in [0.1, 0.15) is 13.3 Å². The van der Waals surface area contributed by atoms with Gasteiger partial charge in [-0.1, -0.05) is 12.8 Å². The van der Waals surface area contributed by atoms with Crippen molar-refractivity contribution in [3.8, 4) is 12.0 Å². The third kappa shape index (κ3) is 6.83. The molecule has 0 aliphatic rings. The van der Waals surface area contributed by atoms with Gasteiger partial charge < -0.3 is 10.4 Å². The quantitative estimate of drug-likeness (QED) is 0.406. The van der Waals surface area contributed by atoms with Crippen molar-refractivity contribution in [1.29, 1.82) is 0 Å². The maximum absolute atomic E-state index is 9.83. The minimum atomic E-state index is -0.889. The van der Waals surface area contributed by atoms with E-state index in [9.17, 15) is 4.79 Å². The average molecular weight is 127 g/mol. The van der Waals surface area contributed by atoms with E-state index in [4.69, 9.17) is 5.11 Å². The summed E-state index contributed by atoms with van der Waals surface area (Å²) in [6.45, 7) is 1.81. The van der Waals surface area contributed by atoms with Crippen LogP contribution in [-0.2, 0) is 4.79 Å². The first-order valence-electron chi connectivity index (χ1n) is 2.70. The average Bonchev–Trinajstić information content (AvgIpc) is 1.80. The Morgan fingerprint density at radius 3 is 2.89 bits per heavy atom. The predicted octanol–water partition coefficient (Wildman–Crippen LogP) is 0.0315. The summed E-state index contributed by atoms with van der Waals surface area (Å²) >= 11 is 0. The molecule has 0 aromatic rings. The number of nitrogens with one attached hydrogen (secondary N) is 1. The number of rotatable bonds is 2. The van der Waals surface area contributed by atoms with Crippen molar-refractivity contribution in [2.24, 2.45) is 0 Å². The molecule has 0 aliphatic carbocycles. The number of carboxylic acid groups (broad SMARTS) is 1. The molecule has 0 heterocycles. The Balaban J connectivity index is 3.19. The van der Waals surface area contributed by atoms with Gasteiger partial charge in [-0.3, -0.25) is 4.79 Å². The monoisotopic (exact) mass is 127 g/mol. The van der Waals surface area contributed by atoms with Crippen LogP contribution in [0.2, 0.25) is 0 Å². The topological polar surface area (TPSA) is 49.3 Å². The molecule has 0 aromatic heterocycles. The highest BCUT2D eigenvalue weighted by Crippen LogP contribution is 1.63. The minimum absolute atomic E-state index is 0.0903. The zero-order chi connectivity index (χ0) is 7.11. The van der Waals surface area contributed by atoms with E-state index in [2.05, 4.69) is 17.3 Å². The third-order valence-electron chi connectivity index (χ3n) is 0.593. The highest BCUT2D eigenvalue weighted by Gasteiger charge is 1.88. The van der Waals surface area contributed by atoms with Crippen molar-refractivity contribution in [2.75, 3.05) is 6.54 Å². The Hall–Kier alpha value is -1.17. The molecule has 3 heteroatoms. The molecule has 0 bridgehead atoms. The van der Waals surface area contributed by atoms with Crippen LogP contribution in [0.4, 0.5) is 0 Å². The fourth-order valence-corrected chi connectivity index (χ4v) is 0.271. The van der Waals surface area contributed by atoms with Crippen LogP contribution in [0.5, 0.6) is 0 Å². The fourth-order valence-electron chi connectivity index (χ4n) is 0.271. The van der Waals surface area contributed by atoms with Crippen LogP contribution in [0, 0.1) is 12.0 Å². The van der Waals surface area contributed by atoms with E-state index in [1.165, 1.54) is 0 Å². The second-order valence-electron chi connectivity index (χ2n) is 1.40. The summed E-state index contributed by atoms with van der Waals surface area (Å²) in [5.74, 6) is 1.79. The predicted molar refractivity (Wildman–Crippen MR) is 33.7 cm³/mol. The van der Waals surface area contributed by atoms with E-state index < -0.39 is 5.97 Å². The summed E-state index contributed by atoms with van der Waals surface area (Å²) < 4.78 is 0. The smallest absolute Gasteiger partial charge is 0.323 e. The highest BCUT2D eigenvalue weighted by atomic mass is 16.4. The summed E-state index contributed by atoms with van der Waals surface area (Å²) in [7, 11) is 0. The first-order chi connectivity index (χ1) is 4.27. The molecule has 0 saturated heterocycles. The van der Waals surface area contributed by atoms with Crippen molar-refractivity contribution >= 4 is 5.97 Å². The maximum Gasteiger partial charge on any atom is 0.323 e.